The number of anilines is 1. The Hall–Kier alpha value is -1.65. The molecule has 7 atom stereocenters. The van der Waals surface area contributed by atoms with Crippen molar-refractivity contribution >= 4 is 11.6 Å². The Morgan fingerprint density at radius 2 is 2.21 bits per heavy atom. The van der Waals surface area contributed by atoms with Gasteiger partial charge in [-0.05, 0) is 43.4 Å². The summed E-state index contributed by atoms with van der Waals surface area (Å²) in [6, 6.07) is 8.62. The molecule has 24 heavy (non-hydrogen) atoms. The van der Waals surface area contributed by atoms with Gasteiger partial charge in [0.25, 0.3) is 0 Å². The molecule has 7 unspecified atom stereocenters. The Balaban J connectivity index is 1.59. The number of benzene rings is 1. The summed E-state index contributed by atoms with van der Waals surface area (Å²) in [6.45, 7) is 5.28. The molecule has 4 nitrogen and oxygen atoms in total. The maximum absolute atomic E-state index is 13.2. The highest BCUT2D eigenvalue weighted by Gasteiger charge is 2.75. The van der Waals surface area contributed by atoms with Crippen LogP contribution in [0.25, 0.3) is 0 Å². The first-order valence-electron chi connectivity index (χ1n) is 9.02. The maximum atomic E-state index is 13.2. The highest BCUT2D eigenvalue weighted by Crippen LogP contribution is 2.69. The van der Waals surface area contributed by atoms with Crippen LogP contribution in [-0.2, 0) is 14.9 Å². The van der Waals surface area contributed by atoms with Gasteiger partial charge in [0.2, 0.25) is 5.91 Å². The molecule has 4 aliphatic heterocycles. The van der Waals surface area contributed by atoms with Crippen LogP contribution in [0, 0.1) is 17.3 Å². The lowest BCUT2D eigenvalue weighted by Gasteiger charge is -2.38. The van der Waals surface area contributed by atoms with Gasteiger partial charge in [-0.3, -0.25) is 9.69 Å². The van der Waals surface area contributed by atoms with Crippen molar-refractivity contribution in [3.05, 3.63) is 42.5 Å². The fourth-order valence-electron chi connectivity index (χ4n) is 7.03. The molecule has 2 saturated carbocycles. The number of likely N-dealkylation sites (tertiary alicyclic amines) is 1. The molecule has 1 N–H and O–H groups in total. The zero-order chi connectivity index (χ0) is 16.3. The van der Waals surface area contributed by atoms with Gasteiger partial charge in [-0.2, -0.15) is 0 Å². The van der Waals surface area contributed by atoms with E-state index in [1.165, 1.54) is 0 Å². The SMILES string of the molecule is C=CC12CN(C)C3C4OC(CC41)C1(CC32)C(=O)Nc2ccccc21. The molecule has 4 heteroatoms. The molecule has 6 aliphatic rings. The second-order valence-electron chi connectivity index (χ2n) is 8.44. The smallest absolute Gasteiger partial charge is 0.237 e. The van der Waals surface area contributed by atoms with E-state index in [-0.39, 0.29) is 23.5 Å². The number of carbonyl (C=O) groups is 1. The van der Waals surface area contributed by atoms with E-state index in [2.05, 4.69) is 36.0 Å². The van der Waals surface area contributed by atoms with Crippen LogP contribution >= 0.6 is 0 Å². The largest absolute Gasteiger partial charge is 0.372 e. The monoisotopic (exact) mass is 322 g/mol. The van der Waals surface area contributed by atoms with Crippen LogP contribution in [0.4, 0.5) is 5.69 Å². The van der Waals surface area contributed by atoms with Crippen molar-refractivity contribution in [1.29, 1.82) is 0 Å². The average molecular weight is 322 g/mol. The third kappa shape index (κ3) is 1.18. The minimum absolute atomic E-state index is 0.00280. The van der Waals surface area contributed by atoms with Crippen LogP contribution in [-0.4, -0.2) is 42.6 Å². The van der Waals surface area contributed by atoms with Gasteiger partial charge >= 0.3 is 0 Å². The highest BCUT2D eigenvalue weighted by molar-refractivity contribution is 6.07. The Morgan fingerprint density at radius 3 is 3.04 bits per heavy atom. The molecule has 5 fully saturated rings. The topological polar surface area (TPSA) is 41.6 Å². The molecule has 6 bridgehead atoms. The number of amides is 1. The molecule has 0 aromatic heterocycles. The number of nitrogens with zero attached hydrogens (tertiary/aromatic N) is 1. The number of nitrogens with one attached hydrogen (secondary N) is 1. The second-order valence-corrected chi connectivity index (χ2v) is 8.44. The zero-order valence-corrected chi connectivity index (χ0v) is 13.9. The third-order valence-corrected chi connectivity index (χ3v) is 7.88. The number of likely N-dealkylation sites (N-methyl/N-ethyl adjacent to an activating group) is 1. The molecule has 124 valence electrons. The fourth-order valence-corrected chi connectivity index (χ4v) is 7.03. The van der Waals surface area contributed by atoms with Crippen LogP contribution < -0.4 is 5.32 Å². The lowest BCUT2D eigenvalue weighted by Crippen LogP contribution is -2.46. The van der Waals surface area contributed by atoms with Gasteiger partial charge in [-0.1, -0.05) is 24.3 Å². The van der Waals surface area contributed by atoms with Crippen molar-refractivity contribution in [1.82, 2.24) is 4.90 Å². The lowest BCUT2D eigenvalue weighted by atomic mass is 9.68. The summed E-state index contributed by atoms with van der Waals surface area (Å²) < 4.78 is 6.62. The summed E-state index contributed by atoms with van der Waals surface area (Å²) in [6.07, 6.45) is 4.32. The van der Waals surface area contributed by atoms with Gasteiger partial charge in [0, 0.05) is 23.7 Å². The van der Waals surface area contributed by atoms with Crippen LogP contribution in [0.3, 0.4) is 0 Å². The molecule has 7 rings (SSSR count). The summed E-state index contributed by atoms with van der Waals surface area (Å²) in [5, 5.41) is 3.14. The standard InChI is InChI=1S/C20H22N2O2/c1-3-19-10-22(2)16-13(19)9-20(15-8-12(19)17(16)24-15)11-6-4-5-7-14(11)21-18(20)23/h3-7,12-13,15-17H,1,8-10H2,2H3,(H,21,23). The minimum atomic E-state index is -0.515. The average Bonchev–Trinajstić information content (AvgIpc) is 3.19. The number of fused-ring (bicyclic) bond motifs is 1. The van der Waals surface area contributed by atoms with Crippen LogP contribution in [0.2, 0.25) is 0 Å². The van der Waals surface area contributed by atoms with E-state index in [0.29, 0.717) is 17.9 Å². The van der Waals surface area contributed by atoms with Crippen LogP contribution in [0.15, 0.2) is 36.9 Å². The van der Waals surface area contributed by atoms with Gasteiger partial charge in [0.1, 0.15) is 5.41 Å². The first kappa shape index (κ1) is 13.6. The minimum Gasteiger partial charge on any atom is -0.372 e. The molecule has 0 radical (unpaired) electrons. The van der Waals surface area contributed by atoms with Crippen molar-refractivity contribution in [3.63, 3.8) is 0 Å². The summed E-state index contributed by atoms with van der Waals surface area (Å²) >= 11 is 0. The van der Waals surface area contributed by atoms with E-state index in [9.17, 15) is 4.79 Å². The molecule has 4 heterocycles. The van der Waals surface area contributed by atoms with Crippen molar-refractivity contribution in [2.45, 2.75) is 36.5 Å². The van der Waals surface area contributed by atoms with Crippen molar-refractivity contribution < 1.29 is 9.53 Å². The van der Waals surface area contributed by atoms with Gasteiger partial charge in [-0.25, -0.2) is 0 Å². The van der Waals surface area contributed by atoms with Crippen molar-refractivity contribution in [2.24, 2.45) is 17.3 Å². The number of rotatable bonds is 1. The summed E-state index contributed by atoms with van der Waals surface area (Å²) in [5.41, 5.74) is 1.72. The van der Waals surface area contributed by atoms with E-state index >= 15 is 0 Å². The van der Waals surface area contributed by atoms with Gasteiger partial charge in [-0.15, -0.1) is 6.58 Å². The third-order valence-electron chi connectivity index (χ3n) is 7.88. The van der Waals surface area contributed by atoms with Crippen LogP contribution in [0.5, 0.6) is 0 Å². The maximum Gasteiger partial charge on any atom is 0.237 e. The molecule has 3 saturated heterocycles. The molecule has 1 aromatic carbocycles. The molecule has 2 aliphatic carbocycles. The molecule has 1 amide bonds. The zero-order valence-electron chi connectivity index (χ0n) is 13.9. The highest BCUT2D eigenvalue weighted by atomic mass is 16.5. The summed E-state index contributed by atoms with van der Waals surface area (Å²) in [5.74, 6) is 1.12. The van der Waals surface area contributed by atoms with E-state index < -0.39 is 5.41 Å². The normalized spacial score (nSPS) is 50.4. The predicted molar refractivity (Wildman–Crippen MR) is 90.7 cm³/mol. The Morgan fingerprint density at radius 1 is 1.38 bits per heavy atom. The van der Waals surface area contributed by atoms with E-state index in [1.54, 1.807) is 0 Å². The Kier molecular flexibility index (Phi) is 2.24. The second kappa shape index (κ2) is 3.94. The van der Waals surface area contributed by atoms with Crippen molar-refractivity contribution in [2.75, 3.05) is 18.9 Å². The van der Waals surface area contributed by atoms with Crippen LogP contribution in [0.1, 0.15) is 18.4 Å². The number of para-hydroxylation sites is 1. The Labute approximate surface area is 141 Å². The summed E-state index contributed by atoms with van der Waals surface area (Å²) in [4.78, 5) is 15.6. The molecule has 1 aromatic rings. The molecular weight excluding hydrogens is 300 g/mol. The number of ether oxygens (including phenoxy) is 1. The first-order valence-corrected chi connectivity index (χ1v) is 9.02. The van der Waals surface area contributed by atoms with E-state index in [1.807, 2.05) is 18.2 Å². The van der Waals surface area contributed by atoms with Gasteiger partial charge < -0.3 is 10.1 Å². The number of carbonyl (C=O) groups excluding carboxylic acids is 1. The van der Waals surface area contributed by atoms with E-state index in [4.69, 9.17) is 4.74 Å². The van der Waals surface area contributed by atoms with E-state index in [0.717, 1.165) is 30.6 Å². The molecular formula is C20H22N2O2. The summed E-state index contributed by atoms with van der Waals surface area (Å²) in [7, 11) is 2.20. The fraction of sp³-hybridized carbons (Fsp3) is 0.550. The number of hydrogen-bond acceptors (Lipinski definition) is 3. The lowest BCUT2D eigenvalue weighted by molar-refractivity contribution is -0.127. The van der Waals surface area contributed by atoms with Gasteiger partial charge in [0.15, 0.2) is 0 Å². The van der Waals surface area contributed by atoms with Crippen molar-refractivity contribution in [3.8, 4) is 0 Å². The predicted octanol–water partition coefficient (Wildman–Crippen LogP) is 2.17. The van der Waals surface area contributed by atoms with Gasteiger partial charge in [0.05, 0.1) is 12.2 Å². The number of piperidine rings is 1. The quantitative estimate of drug-likeness (QED) is 0.806. The molecule has 1 spiro atoms. The first-order chi connectivity index (χ1) is 11.6. The number of hydrogen-bond donors (Lipinski definition) is 1. The Bertz CT molecular complexity index is 792.